The standard InChI is InChI=1S/C12H14ClNO/c1-8(7-15)9-6-14(2)11-5-3-4-10(13)12(9)11/h3-6,8,15H,7H2,1-2H3. The summed E-state index contributed by atoms with van der Waals surface area (Å²) in [5, 5.41) is 11.0. The molecule has 0 aliphatic heterocycles. The van der Waals surface area contributed by atoms with Crippen LogP contribution in [-0.4, -0.2) is 16.3 Å². The molecule has 0 amide bonds. The molecule has 15 heavy (non-hydrogen) atoms. The number of aromatic nitrogens is 1. The number of nitrogens with zero attached hydrogens (tertiary/aromatic N) is 1. The number of rotatable bonds is 2. The zero-order chi connectivity index (χ0) is 11.0. The molecule has 1 aromatic carbocycles. The zero-order valence-corrected chi connectivity index (χ0v) is 9.62. The summed E-state index contributed by atoms with van der Waals surface area (Å²) in [5.41, 5.74) is 2.22. The van der Waals surface area contributed by atoms with E-state index in [9.17, 15) is 5.11 Å². The lowest BCUT2D eigenvalue weighted by Gasteiger charge is -2.06. The van der Waals surface area contributed by atoms with Gasteiger partial charge in [-0.15, -0.1) is 0 Å². The van der Waals surface area contributed by atoms with Crippen LogP contribution in [0, 0.1) is 0 Å². The number of fused-ring (bicyclic) bond motifs is 1. The molecular formula is C12H14ClNO. The lowest BCUT2D eigenvalue weighted by atomic mass is 10.0. The minimum atomic E-state index is 0.119. The fourth-order valence-electron chi connectivity index (χ4n) is 1.91. The molecule has 0 saturated carbocycles. The molecule has 0 spiro atoms. The fraction of sp³-hybridized carbons (Fsp3) is 0.333. The van der Waals surface area contributed by atoms with Crippen LogP contribution in [-0.2, 0) is 7.05 Å². The molecule has 0 aliphatic carbocycles. The molecular weight excluding hydrogens is 210 g/mol. The van der Waals surface area contributed by atoms with Gasteiger partial charge in [0.15, 0.2) is 0 Å². The van der Waals surface area contributed by atoms with Gasteiger partial charge in [-0.1, -0.05) is 24.6 Å². The topological polar surface area (TPSA) is 25.2 Å². The largest absolute Gasteiger partial charge is 0.396 e. The monoisotopic (exact) mass is 223 g/mol. The van der Waals surface area contributed by atoms with Gasteiger partial charge in [-0.05, 0) is 17.7 Å². The van der Waals surface area contributed by atoms with Crippen molar-refractivity contribution < 1.29 is 5.11 Å². The SMILES string of the molecule is CC(CO)c1cn(C)c2cccc(Cl)c12. The van der Waals surface area contributed by atoms with E-state index in [0.29, 0.717) is 0 Å². The molecule has 0 fully saturated rings. The van der Waals surface area contributed by atoms with Gasteiger partial charge in [-0.2, -0.15) is 0 Å². The molecule has 0 saturated heterocycles. The average molecular weight is 224 g/mol. The highest BCUT2D eigenvalue weighted by atomic mass is 35.5. The third kappa shape index (κ3) is 1.64. The third-order valence-electron chi connectivity index (χ3n) is 2.80. The van der Waals surface area contributed by atoms with Gasteiger partial charge < -0.3 is 9.67 Å². The Hall–Kier alpha value is -0.990. The van der Waals surface area contributed by atoms with Crippen LogP contribution in [0.4, 0.5) is 0 Å². The predicted molar refractivity (Wildman–Crippen MR) is 63.4 cm³/mol. The van der Waals surface area contributed by atoms with Crippen molar-refractivity contribution in [2.24, 2.45) is 7.05 Å². The first-order chi connectivity index (χ1) is 7.15. The lowest BCUT2D eigenvalue weighted by Crippen LogP contribution is -1.97. The number of hydrogen-bond donors (Lipinski definition) is 1. The summed E-state index contributed by atoms with van der Waals surface area (Å²) in [4.78, 5) is 0. The molecule has 2 aromatic rings. The van der Waals surface area contributed by atoms with Crippen LogP contribution in [0.1, 0.15) is 18.4 Å². The van der Waals surface area contributed by atoms with E-state index >= 15 is 0 Å². The van der Waals surface area contributed by atoms with E-state index in [-0.39, 0.29) is 12.5 Å². The van der Waals surface area contributed by atoms with E-state index in [2.05, 4.69) is 0 Å². The molecule has 3 heteroatoms. The quantitative estimate of drug-likeness (QED) is 0.832. The maximum atomic E-state index is 9.20. The summed E-state index contributed by atoms with van der Waals surface area (Å²) in [6.45, 7) is 2.14. The molecule has 0 aliphatic rings. The van der Waals surface area contributed by atoms with Gasteiger partial charge >= 0.3 is 0 Å². The Morgan fingerprint density at radius 2 is 2.20 bits per heavy atom. The first kappa shape index (κ1) is 10.5. The molecule has 0 bridgehead atoms. The molecule has 1 aromatic heterocycles. The Morgan fingerprint density at radius 1 is 1.47 bits per heavy atom. The first-order valence-corrected chi connectivity index (χ1v) is 5.37. The van der Waals surface area contributed by atoms with Crippen LogP contribution >= 0.6 is 11.6 Å². The summed E-state index contributed by atoms with van der Waals surface area (Å²) in [7, 11) is 1.99. The van der Waals surface area contributed by atoms with Crippen LogP contribution in [0.3, 0.4) is 0 Å². The second-order valence-electron chi connectivity index (χ2n) is 3.91. The smallest absolute Gasteiger partial charge is 0.0502 e. The van der Waals surface area contributed by atoms with Crippen molar-refractivity contribution in [3.63, 3.8) is 0 Å². The lowest BCUT2D eigenvalue weighted by molar-refractivity contribution is 0.273. The summed E-state index contributed by atoms with van der Waals surface area (Å²) in [6, 6.07) is 5.87. The molecule has 1 N–H and O–H groups in total. The maximum Gasteiger partial charge on any atom is 0.0502 e. The number of halogens is 1. The number of aliphatic hydroxyl groups is 1. The summed E-state index contributed by atoms with van der Waals surface area (Å²) in [6.07, 6.45) is 2.04. The molecule has 80 valence electrons. The average Bonchev–Trinajstić information content (AvgIpc) is 2.57. The van der Waals surface area contributed by atoms with Gasteiger partial charge in [0, 0.05) is 36.7 Å². The second kappa shape index (κ2) is 3.87. The van der Waals surface area contributed by atoms with Crippen molar-refractivity contribution in [1.82, 2.24) is 4.57 Å². The van der Waals surface area contributed by atoms with Crippen molar-refractivity contribution in [3.8, 4) is 0 Å². The van der Waals surface area contributed by atoms with Crippen LogP contribution < -0.4 is 0 Å². The highest BCUT2D eigenvalue weighted by molar-refractivity contribution is 6.35. The molecule has 2 nitrogen and oxygen atoms in total. The zero-order valence-electron chi connectivity index (χ0n) is 8.87. The third-order valence-corrected chi connectivity index (χ3v) is 3.11. The van der Waals surface area contributed by atoms with Crippen molar-refractivity contribution in [3.05, 3.63) is 35.0 Å². The van der Waals surface area contributed by atoms with E-state index in [1.54, 1.807) is 0 Å². The van der Waals surface area contributed by atoms with E-state index in [4.69, 9.17) is 11.6 Å². The summed E-state index contributed by atoms with van der Waals surface area (Å²) < 4.78 is 2.04. The van der Waals surface area contributed by atoms with Gasteiger partial charge in [-0.3, -0.25) is 0 Å². The Kier molecular flexibility index (Phi) is 2.72. The normalized spacial score (nSPS) is 13.3. The molecule has 2 rings (SSSR count). The first-order valence-electron chi connectivity index (χ1n) is 4.99. The van der Waals surface area contributed by atoms with Gasteiger partial charge in [-0.25, -0.2) is 0 Å². The van der Waals surface area contributed by atoms with E-state index < -0.39 is 0 Å². The fourth-order valence-corrected chi connectivity index (χ4v) is 2.19. The molecule has 1 unspecified atom stereocenters. The van der Waals surface area contributed by atoms with E-state index in [1.807, 2.05) is 42.9 Å². The predicted octanol–water partition coefficient (Wildman–Crippen LogP) is 2.93. The van der Waals surface area contributed by atoms with E-state index in [0.717, 1.165) is 21.5 Å². The minimum absolute atomic E-state index is 0.119. The van der Waals surface area contributed by atoms with Gasteiger partial charge in [0.1, 0.15) is 0 Å². The van der Waals surface area contributed by atoms with Crippen LogP contribution in [0.5, 0.6) is 0 Å². The van der Waals surface area contributed by atoms with Crippen LogP contribution in [0.2, 0.25) is 5.02 Å². The van der Waals surface area contributed by atoms with Gasteiger partial charge in [0.05, 0.1) is 5.02 Å². The summed E-state index contributed by atoms with van der Waals surface area (Å²) in [5.74, 6) is 0.119. The Morgan fingerprint density at radius 3 is 2.87 bits per heavy atom. The van der Waals surface area contributed by atoms with Crippen LogP contribution in [0.15, 0.2) is 24.4 Å². The number of hydrogen-bond acceptors (Lipinski definition) is 1. The molecule has 1 atom stereocenters. The Labute approximate surface area is 94.1 Å². The minimum Gasteiger partial charge on any atom is -0.396 e. The van der Waals surface area contributed by atoms with Crippen molar-refractivity contribution in [2.45, 2.75) is 12.8 Å². The van der Waals surface area contributed by atoms with Crippen molar-refractivity contribution in [2.75, 3.05) is 6.61 Å². The van der Waals surface area contributed by atoms with Gasteiger partial charge in [0.25, 0.3) is 0 Å². The highest BCUT2D eigenvalue weighted by Crippen LogP contribution is 2.32. The highest BCUT2D eigenvalue weighted by Gasteiger charge is 2.14. The molecule has 0 radical (unpaired) electrons. The van der Waals surface area contributed by atoms with Crippen molar-refractivity contribution in [1.29, 1.82) is 0 Å². The van der Waals surface area contributed by atoms with Crippen LogP contribution in [0.25, 0.3) is 10.9 Å². The number of benzene rings is 1. The second-order valence-corrected chi connectivity index (χ2v) is 4.32. The number of aliphatic hydroxyl groups excluding tert-OH is 1. The Balaban J connectivity index is 2.75. The maximum absolute atomic E-state index is 9.20. The number of aryl methyl sites for hydroxylation is 1. The summed E-state index contributed by atoms with van der Waals surface area (Å²) >= 11 is 6.18. The Bertz CT molecular complexity index is 490. The molecule has 1 heterocycles. The van der Waals surface area contributed by atoms with Gasteiger partial charge in [0.2, 0.25) is 0 Å². The van der Waals surface area contributed by atoms with Crippen molar-refractivity contribution >= 4 is 22.5 Å². The van der Waals surface area contributed by atoms with E-state index in [1.165, 1.54) is 0 Å².